The molecule has 0 spiro atoms. The molecule has 21 heavy (non-hydrogen) atoms. The lowest BCUT2D eigenvalue weighted by atomic mass is 10.1. The lowest BCUT2D eigenvalue weighted by Crippen LogP contribution is -2.28. The second-order valence-electron chi connectivity index (χ2n) is 5.33. The van der Waals surface area contributed by atoms with Gasteiger partial charge in [-0.2, -0.15) is 0 Å². The molecule has 0 N–H and O–H groups in total. The first kappa shape index (κ1) is 12.1. The number of benzene rings is 2. The summed E-state index contributed by atoms with van der Waals surface area (Å²) in [6.45, 7) is 2.12. The molecular formula is C18H15N2O+. The van der Waals surface area contributed by atoms with Gasteiger partial charge in [-0.1, -0.05) is 12.1 Å². The van der Waals surface area contributed by atoms with Gasteiger partial charge in [-0.3, -0.25) is 0 Å². The summed E-state index contributed by atoms with van der Waals surface area (Å²) in [6, 6.07) is 16.3. The first-order chi connectivity index (χ1) is 10.2. The van der Waals surface area contributed by atoms with Crippen LogP contribution in [0.5, 0.6) is 0 Å². The summed E-state index contributed by atoms with van der Waals surface area (Å²) in [5.74, 6) is 0.670. The van der Waals surface area contributed by atoms with Crippen LogP contribution in [-0.2, 0) is 7.05 Å². The Labute approximate surface area is 122 Å². The predicted octanol–water partition coefficient (Wildman–Crippen LogP) is 3.78. The molecule has 3 nitrogen and oxygen atoms in total. The van der Waals surface area contributed by atoms with Gasteiger partial charge >= 0.3 is 0 Å². The largest absolute Gasteiger partial charge is 0.436 e. The van der Waals surface area contributed by atoms with Crippen molar-refractivity contribution in [3.8, 4) is 11.5 Å². The van der Waals surface area contributed by atoms with E-state index < -0.39 is 0 Å². The molecule has 0 unspecified atom stereocenters. The van der Waals surface area contributed by atoms with Crippen LogP contribution in [0.2, 0.25) is 0 Å². The molecule has 102 valence electrons. The minimum absolute atomic E-state index is 0.670. The molecule has 4 rings (SSSR count). The summed E-state index contributed by atoms with van der Waals surface area (Å²) in [4.78, 5) is 4.57. The summed E-state index contributed by atoms with van der Waals surface area (Å²) >= 11 is 0. The molecule has 0 saturated heterocycles. The van der Waals surface area contributed by atoms with Gasteiger partial charge in [0.2, 0.25) is 11.4 Å². The van der Waals surface area contributed by atoms with Gasteiger partial charge in [-0.15, -0.1) is 0 Å². The van der Waals surface area contributed by atoms with Gasteiger partial charge < -0.3 is 4.42 Å². The quantitative estimate of drug-likeness (QED) is 0.495. The molecule has 2 aromatic carbocycles. The van der Waals surface area contributed by atoms with Gasteiger partial charge in [0.25, 0.3) is 0 Å². The van der Waals surface area contributed by atoms with Crippen LogP contribution in [0.4, 0.5) is 0 Å². The highest BCUT2D eigenvalue weighted by atomic mass is 16.3. The van der Waals surface area contributed by atoms with Gasteiger partial charge in [-0.25, -0.2) is 9.55 Å². The first-order valence-corrected chi connectivity index (χ1v) is 6.97. The van der Waals surface area contributed by atoms with E-state index in [0.29, 0.717) is 5.89 Å². The lowest BCUT2D eigenvalue weighted by molar-refractivity contribution is -0.644. The number of pyridine rings is 1. The molecule has 2 aromatic heterocycles. The highest BCUT2D eigenvalue weighted by Gasteiger charge is 2.12. The van der Waals surface area contributed by atoms with Crippen LogP contribution in [0.25, 0.3) is 33.5 Å². The SMILES string of the molecule is Cc1cc[n+](C)c2ccc(-c3nc4ccccc4o3)cc12. The minimum atomic E-state index is 0.670. The number of nitrogens with zero attached hydrogens (tertiary/aromatic N) is 2. The van der Waals surface area contributed by atoms with E-state index in [2.05, 4.69) is 54.0 Å². The fourth-order valence-electron chi connectivity index (χ4n) is 2.68. The van der Waals surface area contributed by atoms with Gasteiger partial charge in [-0.05, 0) is 36.8 Å². The first-order valence-electron chi connectivity index (χ1n) is 6.97. The summed E-state index contributed by atoms with van der Waals surface area (Å²) in [5, 5.41) is 1.22. The van der Waals surface area contributed by atoms with Crippen LogP contribution in [0, 0.1) is 6.92 Å². The summed E-state index contributed by atoms with van der Waals surface area (Å²) < 4.78 is 7.98. The Balaban J connectivity index is 1.96. The molecule has 0 radical (unpaired) electrons. The molecule has 0 saturated carbocycles. The number of oxazole rings is 1. The third-order valence-corrected chi connectivity index (χ3v) is 3.89. The Morgan fingerprint density at radius 1 is 1.05 bits per heavy atom. The molecular weight excluding hydrogens is 260 g/mol. The van der Waals surface area contributed by atoms with E-state index in [1.807, 2.05) is 24.3 Å². The fourth-order valence-corrected chi connectivity index (χ4v) is 2.68. The maximum Gasteiger partial charge on any atom is 0.227 e. The van der Waals surface area contributed by atoms with Crippen molar-refractivity contribution in [3.63, 3.8) is 0 Å². The van der Waals surface area contributed by atoms with Crippen molar-refractivity contribution in [1.29, 1.82) is 0 Å². The van der Waals surface area contributed by atoms with Crippen LogP contribution in [0.1, 0.15) is 5.56 Å². The lowest BCUT2D eigenvalue weighted by Gasteiger charge is -2.02. The summed E-state index contributed by atoms with van der Waals surface area (Å²) in [7, 11) is 2.06. The average molecular weight is 275 g/mol. The Bertz CT molecular complexity index is 936. The van der Waals surface area contributed by atoms with Crippen molar-refractivity contribution >= 4 is 22.0 Å². The predicted molar refractivity (Wildman–Crippen MR) is 82.9 cm³/mol. The zero-order valence-electron chi connectivity index (χ0n) is 12.0. The molecule has 0 aliphatic heterocycles. The summed E-state index contributed by atoms with van der Waals surface area (Å²) in [6.07, 6.45) is 2.08. The van der Waals surface area contributed by atoms with Gasteiger partial charge in [0.1, 0.15) is 12.6 Å². The second-order valence-corrected chi connectivity index (χ2v) is 5.33. The van der Waals surface area contributed by atoms with Crippen molar-refractivity contribution in [1.82, 2.24) is 4.98 Å². The van der Waals surface area contributed by atoms with Crippen LogP contribution >= 0.6 is 0 Å². The van der Waals surface area contributed by atoms with Crippen LogP contribution in [-0.4, -0.2) is 4.98 Å². The maximum absolute atomic E-state index is 5.86. The zero-order chi connectivity index (χ0) is 14.4. The Morgan fingerprint density at radius 2 is 1.90 bits per heavy atom. The molecule has 0 fully saturated rings. The Morgan fingerprint density at radius 3 is 2.76 bits per heavy atom. The van der Waals surface area contributed by atoms with E-state index in [0.717, 1.165) is 16.7 Å². The Kier molecular flexibility index (Phi) is 2.54. The zero-order valence-corrected chi connectivity index (χ0v) is 12.0. The number of hydrogen-bond donors (Lipinski definition) is 0. The molecule has 0 amide bonds. The number of fused-ring (bicyclic) bond motifs is 2. The van der Waals surface area contributed by atoms with Crippen molar-refractivity contribution in [2.75, 3.05) is 0 Å². The molecule has 4 aromatic rings. The van der Waals surface area contributed by atoms with Gasteiger partial charge in [0, 0.05) is 17.7 Å². The smallest absolute Gasteiger partial charge is 0.227 e. The molecule has 2 heterocycles. The highest BCUT2D eigenvalue weighted by Crippen LogP contribution is 2.27. The Hall–Kier alpha value is -2.68. The molecule has 0 aliphatic rings. The van der Waals surface area contributed by atoms with Crippen LogP contribution in [0.15, 0.2) is 59.1 Å². The van der Waals surface area contributed by atoms with Crippen molar-refractivity contribution < 1.29 is 8.98 Å². The molecule has 3 heteroatoms. The van der Waals surface area contributed by atoms with E-state index in [9.17, 15) is 0 Å². The van der Waals surface area contributed by atoms with E-state index in [1.165, 1.54) is 16.5 Å². The molecule has 0 atom stereocenters. The average Bonchev–Trinajstić information content (AvgIpc) is 2.95. The molecule has 0 bridgehead atoms. The highest BCUT2D eigenvalue weighted by molar-refractivity contribution is 5.85. The monoisotopic (exact) mass is 275 g/mol. The van der Waals surface area contributed by atoms with Crippen molar-refractivity contribution in [3.05, 3.63) is 60.3 Å². The fraction of sp³-hybridized carbons (Fsp3) is 0.111. The van der Waals surface area contributed by atoms with E-state index in [-0.39, 0.29) is 0 Å². The van der Waals surface area contributed by atoms with E-state index in [4.69, 9.17) is 4.42 Å². The van der Waals surface area contributed by atoms with Crippen LogP contribution in [0.3, 0.4) is 0 Å². The third-order valence-electron chi connectivity index (χ3n) is 3.89. The van der Waals surface area contributed by atoms with Gasteiger partial charge in [0.15, 0.2) is 11.8 Å². The normalized spacial score (nSPS) is 11.3. The van der Waals surface area contributed by atoms with Crippen molar-refractivity contribution in [2.45, 2.75) is 6.92 Å². The minimum Gasteiger partial charge on any atom is -0.436 e. The number of aryl methyl sites for hydroxylation is 2. The summed E-state index contributed by atoms with van der Waals surface area (Å²) in [5.41, 5.74) is 5.18. The maximum atomic E-state index is 5.86. The van der Waals surface area contributed by atoms with Gasteiger partial charge in [0.05, 0.1) is 5.39 Å². The molecule has 0 aliphatic carbocycles. The number of hydrogen-bond acceptors (Lipinski definition) is 2. The number of aromatic nitrogens is 2. The third kappa shape index (κ3) is 1.89. The standard InChI is InChI=1S/C18H15N2O/c1-12-9-10-20(2)16-8-7-13(11-14(12)16)18-19-15-5-3-4-6-17(15)21-18/h3-11H,1-2H3/q+1. The van der Waals surface area contributed by atoms with Crippen molar-refractivity contribution in [2.24, 2.45) is 7.05 Å². The van der Waals surface area contributed by atoms with E-state index in [1.54, 1.807) is 0 Å². The number of rotatable bonds is 1. The number of para-hydroxylation sites is 2. The second kappa shape index (κ2) is 4.42. The van der Waals surface area contributed by atoms with E-state index >= 15 is 0 Å². The topological polar surface area (TPSA) is 29.9 Å². The van der Waals surface area contributed by atoms with Crippen LogP contribution < -0.4 is 4.57 Å².